The molecular formula is C10H14NO-. The molecule has 0 radical (unpaired) electrons. The number of hydrogen-bond donors (Lipinski definition) is 1. The largest absolute Gasteiger partial charge is 0.658 e. The molecule has 0 saturated carbocycles. The summed E-state index contributed by atoms with van der Waals surface area (Å²) >= 11 is 0. The highest BCUT2D eigenvalue weighted by Crippen LogP contribution is 2.22. The summed E-state index contributed by atoms with van der Waals surface area (Å²) in [6.07, 6.45) is 0.709. The van der Waals surface area contributed by atoms with Gasteiger partial charge in [-0.25, -0.2) is 0 Å². The zero-order valence-electron chi connectivity index (χ0n) is 7.27. The maximum absolute atomic E-state index is 8.77. The molecule has 1 aromatic carbocycles. The first kappa shape index (κ1) is 9.23. The van der Waals surface area contributed by atoms with Crippen LogP contribution >= 0.6 is 0 Å². The summed E-state index contributed by atoms with van der Waals surface area (Å²) in [5, 5.41) is 13.0. The average Bonchev–Trinajstić information content (AvgIpc) is 2.15. The van der Waals surface area contributed by atoms with E-state index in [1.807, 2.05) is 30.3 Å². The first-order chi connectivity index (χ1) is 5.88. The normalized spacial score (nSPS) is 12.8. The Balaban J connectivity index is 2.66. The second-order valence-corrected chi connectivity index (χ2v) is 2.70. The van der Waals surface area contributed by atoms with Gasteiger partial charge < -0.3 is 10.4 Å². The molecule has 0 aliphatic heterocycles. The summed E-state index contributed by atoms with van der Waals surface area (Å²) in [5.74, 6) is 0. The molecule has 1 rings (SSSR count). The first-order valence-electron chi connectivity index (χ1n) is 4.13. The second kappa shape index (κ2) is 4.91. The molecule has 1 atom stereocenters. The lowest BCUT2D eigenvalue weighted by molar-refractivity contribution is 0.281. The van der Waals surface area contributed by atoms with Crippen LogP contribution in [-0.4, -0.2) is 18.8 Å². The van der Waals surface area contributed by atoms with E-state index in [2.05, 4.69) is 5.32 Å². The molecular weight excluding hydrogens is 150 g/mol. The van der Waals surface area contributed by atoms with Crippen LogP contribution in [0.2, 0.25) is 0 Å². The number of aliphatic hydroxyl groups is 1. The Hall–Kier alpha value is -0.860. The Kier molecular flexibility index (Phi) is 3.77. The summed E-state index contributed by atoms with van der Waals surface area (Å²) in [5.41, 5.74) is 1.18. The molecule has 2 nitrogen and oxygen atoms in total. The number of rotatable bonds is 4. The van der Waals surface area contributed by atoms with Crippen molar-refractivity contribution in [2.24, 2.45) is 0 Å². The fourth-order valence-electron chi connectivity index (χ4n) is 1.24. The van der Waals surface area contributed by atoms with Crippen molar-refractivity contribution in [3.8, 4) is 0 Å². The van der Waals surface area contributed by atoms with Crippen molar-refractivity contribution in [2.45, 2.75) is 12.5 Å². The van der Waals surface area contributed by atoms with E-state index >= 15 is 0 Å². The molecule has 12 heavy (non-hydrogen) atoms. The summed E-state index contributed by atoms with van der Waals surface area (Å²) in [6.45, 7) is 0.191. The topological polar surface area (TPSA) is 34.3 Å². The van der Waals surface area contributed by atoms with Crippen LogP contribution in [0.15, 0.2) is 30.3 Å². The van der Waals surface area contributed by atoms with E-state index in [1.165, 1.54) is 5.56 Å². The van der Waals surface area contributed by atoms with Crippen LogP contribution in [-0.2, 0) is 0 Å². The fourth-order valence-corrected chi connectivity index (χ4v) is 1.24. The van der Waals surface area contributed by atoms with E-state index in [4.69, 9.17) is 5.11 Å². The molecule has 0 heterocycles. The van der Waals surface area contributed by atoms with Gasteiger partial charge in [0.1, 0.15) is 0 Å². The Morgan fingerprint density at radius 1 is 1.33 bits per heavy atom. The van der Waals surface area contributed by atoms with Crippen LogP contribution in [0.3, 0.4) is 0 Å². The highest BCUT2D eigenvalue weighted by Gasteiger charge is 1.97. The third-order valence-electron chi connectivity index (χ3n) is 1.90. The maximum Gasteiger partial charge on any atom is 0.0420 e. The maximum atomic E-state index is 8.77. The van der Waals surface area contributed by atoms with Gasteiger partial charge in [0, 0.05) is 6.61 Å². The fraction of sp³-hybridized carbons (Fsp3) is 0.400. The first-order valence-corrected chi connectivity index (χ1v) is 4.13. The van der Waals surface area contributed by atoms with Crippen LogP contribution in [0.25, 0.3) is 5.32 Å². The van der Waals surface area contributed by atoms with Gasteiger partial charge in [0.15, 0.2) is 0 Å². The molecule has 2 heteroatoms. The Labute approximate surface area is 73.2 Å². The van der Waals surface area contributed by atoms with E-state index in [1.54, 1.807) is 7.05 Å². The minimum Gasteiger partial charge on any atom is -0.658 e. The zero-order chi connectivity index (χ0) is 8.81. The van der Waals surface area contributed by atoms with Crippen LogP contribution in [0.5, 0.6) is 0 Å². The van der Waals surface area contributed by atoms with Gasteiger partial charge in [-0.3, -0.25) is 0 Å². The molecule has 0 amide bonds. The van der Waals surface area contributed by atoms with E-state index in [0.29, 0.717) is 6.42 Å². The van der Waals surface area contributed by atoms with Gasteiger partial charge >= 0.3 is 0 Å². The van der Waals surface area contributed by atoms with Crippen LogP contribution in [0.4, 0.5) is 0 Å². The molecule has 66 valence electrons. The zero-order valence-corrected chi connectivity index (χ0v) is 7.27. The lowest BCUT2D eigenvalue weighted by Gasteiger charge is -2.27. The Morgan fingerprint density at radius 3 is 2.50 bits per heavy atom. The van der Waals surface area contributed by atoms with Gasteiger partial charge in [0.05, 0.1) is 0 Å². The second-order valence-electron chi connectivity index (χ2n) is 2.70. The molecule has 1 unspecified atom stereocenters. The van der Waals surface area contributed by atoms with Crippen molar-refractivity contribution in [2.75, 3.05) is 13.7 Å². The highest BCUT2D eigenvalue weighted by molar-refractivity contribution is 5.22. The van der Waals surface area contributed by atoms with Gasteiger partial charge in [-0.1, -0.05) is 35.9 Å². The van der Waals surface area contributed by atoms with Crippen molar-refractivity contribution in [3.05, 3.63) is 41.2 Å². The highest BCUT2D eigenvalue weighted by atomic mass is 16.3. The van der Waals surface area contributed by atoms with Gasteiger partial charge in [0.25, 0.3) is 0 Å². The van der Waals surface area contributed by atoms with Crippen LogP contribution < -0.4 is 0 Å². The van der Waals surface area contributed by atoms with E-state index in [9.17, 15) is 0 Å². The lowest BCUT2D eigenvalue weighted by atomic mass is 10.0. The van der Waals surface area contributed by atoms with Crippen molar-refractivity contribution in [3.63, 3.8) is 0 Å². The van der Waals surface area contributed by atoms with Crippen molar-refractivity contribution in [1.82, 2.24) is 0 Å². The van der Waals surface area contributed by atoms with Crippen molar-refractivity contribution < 1.29 is 5.11 Å². The molecule has 0 fully saturated rings. The standard InChI is InChI=1S/C10H14NO/c1-11-10(7-8-12)9-5-3-2-4-6-9/h2-6,10,12H,7-8H2,1H3/q-1. The van der Waals surface area contributed by atoms with Crippen molar-refractivity contribution in [1.29, 1.82) is 0 Å². The third kappa shape index (κ3) is 2.32. The summed E-state index contributed by atoms with van der Waals surface area (Å²) in [7, 11) is 1.79. The molecule has 1 N–H and O–H groups in total. The Morgan fingerprint density at radius 2 is 2.00 bits per heavy atom. The molecule has 1 aromatic rings. The third-order valence-corrected chi connectivity index (χ3v) is 1.90. The minimum atomic E-state index is 0.149. The van der Waals surface area contributed by atoms with Gasteiger partial charge in [-0.2, -0.15) is 7.05 Å². The molecule has 0 aromatic heterocycles. The smallest absolute Gasteiger partial charge is 0.0420 e. The number of hydrogen-bond acceptors (Lipinski definition) is 1. The van der Waals surface area contributed by atoms with Gasteiger partial charge in [0.2, 0.25) is 0 Å². The van der Waals surface area contributed by atoms with Gasteiger partial charge in [-0.15, -0.1) is 6.04 Å². The SMILES string of the molecule is C[N-]C(CCO)c1ccccc1. The average molecular weight is 164 g/mol. The molecule has 0 saturated heterocycles. The van der Waals surface area contributed by atoms with Crippen molar-refractivity contribution >= 4 is 0 Å². The summed E-state index contributed by atoms with van der Waals surface area (Å²) in [6, 6.07) is 10.2. The number of benzene rings is 1. The lowest BCUT2D eigenvalue weighted by Crippen LogP contribution is -1.98. The Bertz CT molecular complexity index is 210. The monoisotopic (exact) mass is 164 g/mol. The molecule has 0 bridgehead atoms. The van der Waals surface area contributed by atoms with E-state index < -0.39 is 0 Å². The van der Waals surface area contributed by atoms with Gasteiger partial charge in [-0.05, 0) is 6.42 Å². The number of aliphatic hydroxyl groups excluding tert-OH is 1. The summed E-state index contributed by atoms with van der Waals surface area (Å²) in [4.78, 5) is 0. The predicted molar refractivity (Wildman–Crippen MR) is 50.2 cm³/mol. The predicted octanol–water partition coefficient (Wildman–Crippen LogP) is 2.11. The van der Waals surface area contributed by atoms with Crippen LogP contribution in [0.1, 0.15) is 18.0 Å². The quantitative estimate of drug-likeness (QED) is 0.726. The van der Waals surface area contributed by atoms with Crippen LogP contribution in [0, 0.1) is 0 Å². The van der Waals surface area contributed by atoms with E-state index in [0.717, 1.165) is 0 Å². The molecule has 0 aliphatic rings. The van der Waals surface area contributed by atoms with E-state index in [-0.39, 0.29) is 12.6 Å². The summed E-state index contributed by atoms with van der Waals surface area (Å²) < 4.78 is 0. The minimum absolute atomic E-state index is 0.149. The molecule has 0 spiro atoms. The molecule has 0 aliphatic carbocycles. The number of nitrogens with zero attached hydrogens (tertiary/aromatic N) is 1.